The second-order valence-corrected chi connectivity index (χ2v) is 5.34. The number of anilines is 1. The molecule has 0 unspecified atom stereocenters. The first-order valence-electron chi connectivity index (χ1n) is 7.22. The average molecular weight is 310 g/mol. The van der Waals surface area contributed by atoms with Crippen LogP contribution in [0, 0.1) is 10.1 Å². The zero-order chi connectivity index (χ0) is 16.4. The molecule has 0 spiro atoms. The van der Waals surface area contributed by atoms with E-state index in [1.54, 1.807) is 30.3 Å². The third-order valence-electron chi connectivity index (χ3n) is 3.87. The zero-order valence-corrected chi connectivity index (χ0v) is 12.3. The van der Waals surface area contributed by atoms with Crippen LogP contribution in [0.5, 0.6) is 0 Å². The average Bonchev–Trinajstić information content (AvgIpc) is 2.57. The summed E-state index contributed by atoms with van der Waals surface area (Å²) in [5.41, 5.74) is 1.83. The maximum atomic E-state index is 12.3. The maximum Gasteiger partial charge on any atom is 0.269 e. The summed E-state index contributed by atoms with van der Waals surface area (Å²) in [7, 11) is 0. The van der Waals surface area contributed by atoms with Crippen LogP contribution in [-0.4, -0.2) is 23.2 Å². The van der Waals surface area contributed by atoms with E-state index in [1.165, 1.54) is 17.0 Å². The molecule has 0 aromatic heterocycles. The van der Waals surface area contributed by atoms with Crippen molar-refractivity contribution in [3.8, 4) is 0 Å². The number of Topliss-reactive ketones (excluding diaryl/α,β-unsaturated/α-hetero) is 1. The Morgan fingerprint density at radius 3 is 2.57 bits per heavy atom. The smallest absolute Gasteiger partial charge is 0.269 e. The molecule has 6 nitrogen and oxygen atoms in total. The van der Waals surface area contributed by atoms with E-state index in [2.05, 4.69) is 0 Å². The Labute approximate surface area is 132 Å². The van der Waals surface area contributed by atoms with Gasteiger partial charge >= 0.3 is 0 Å². The first-order valence-corrected chi connectivity index (χ1v) is 7.22. The van der Waals surface area contributed by atoms with Crippen molar-refractivity contribution in [3.63, 3.8) is 0 Å². The quantitative estimate of drug-likeness (QED) is 0.494. The Morgan fingerprint density at radius 2 is 1.87 bits per heavy atom. The van der Waals surface area contributed by atoms with Crippen molar-refractivity contribution in [1.29, 1.82) is 0 Å². The Kier molecular flexibility index (Phi) is 3.89. The molecule has 3 rings (SSSR count). The summed E-state index contributed by atoms with van der Waals surface area (Å²) in [5.74, 6) is -0.305. The van der Waals surface area contributed by atoms with Crippen LogP contribution < -0.4 is 4.90 Å². The first-order chi connectivity index (χ1) is 11.1. The van der Waals surface area contributed by atoms with Gasteiger partial charge in [-0.15, -0.1) is 0 Å². The van der Waals surface area contributed by atoms with Gasteiger partial charge in [-0.05, 0) is 18.1 Å². The van der Waals surface area contributed by atoms with E-state index in [-0.39, 0.29) is 30.3 Å². The monoisotopic (exact) mass is 310 g/mol. The zero-order valence-electron chi connectivity index (χ0n) is 12.3. The number of hydrogen-bond donors (Lipinski definition) is 0. The first kappa shape index (κ1) is 14.9. The number of nitro groups is 1. The Morgan fingerprint density at radius 1 is 1.13 bits per heavy atom. The fraction of sp³-hybridized carbons (Fsp3) is 0.176. The number of amides is 1. The van der Waals surface area contributed by atoms with E-state index in [1.807, 2.05) is 6.07 Å². The topological polar surface area (TPSA) is 80.5 Å². The summed E-state index contributed by atoms with van der Waals surface area (Å²) in [6.07, 6.45) is 0.697. The normalized spacial score (nSPS) is 13.6. The van der Waals surface area contributed by atoms with Gasteiger partial charge in [0.2, 0.25) is 5.91 Å². The van der Waals surface area contributed by atoms with Gasteiger partial charge in [-0.3, -0.25) is 19.7 Å². The van der Waals surface area contributed by atoms with Crippen molar-refractivity contribution in [2.24, 2.45) is 0 Å². The third kappa shape index (κ3) is 2.96. The molecule has 0 radical (unpaired) electrons. The van der Waals surface area contributed by atoms with Gasteiger partial charge in [-0.1, -0.05) is 30.3 Å². The van der Waals surface area contributed by atoms with Crippen molar-refractivity contribution in [1.82, 2.24) is 0 Å². The van der Waals surface area contributed by atoms with Crippen LogP contribution in [-0.2, 0) is 11.2 Å². The molecule has 1 heterocycles. The van der Waals surface area contributed by atoms with E-state index in [0.717, 1.165) is 5.56 Å². The van der Waals surface area contributed by atoms with E-state index in [0.29, 0.717) is 17.7 Å². The summed E-state index contributed by atoms with van der Waals surface area (Å²) < 4.78 is 0. The SMILES string of the molecule is O=C(CN1C(=O)CCc2cc([N+](=O)[O-])ccc21)c1ccccc1. The predicted octanol–water partition coefficient (Wildman–Crippen LogP) is 2.76. The van der Waals surface area contributed by atoms with E-state index >= 15 is 0 Å². The number of carbonyl (C=O) groups is 2. The lowest BCUT2D eigenvalue weighted by Crippen LogP contribution is -2.39. The van der Waals surface area contributed by atoms with Crippen LogP contribution in [0.3, 0.4) is 0 Å². The van der Waals surface area contributed by atoms with Crippen LogP contribution in [0.25, 0.3) is 0 Å². The van der Waals surface area contributed by atoms with E-state index < -0.39 is 4.92 Å². The molecular formula is C17H14N2O4. The summed E-state index contributed by atoms with van der Waals surface area (Å²) in [5, 5.41) is 10.9. The molecule has 23 heavy (non-hydrogen) atoms. The molecule has 2 aromatic rings. The molecule has 0 N–H and O–H groups in total. The van der Waals surface area contributed by atoms with Gasteiger partial charge in [0.25, 0.3) is 5.69 Å². The molecule has 6 heteroatoms. The fourth-order valence-electron chi connectivity index (χ4n) is 2.69. The van der Waals surface area contributed by atoms with Crippen LogP contribution >= 0.6 is 0 Å². The van der Waals surface area contributed by atoms with Gasteiger partial charge in [0, 0.05) is 29.8 Å². The van der Waals surface area contributed by atoms with Crippen molar-refractivity contribution >= 4 is 23.1 Å². The Balaban J connectivity index is 1.90. The highest BCUT2D eigenvalue weighted by molar-refractivity contribution is 6.06. The summed E-state index contributed by atoms with van der Waals surface area (Å²) in [6, 6.07) is 13.1. The molecule has 0 saturated carbocycles. The number of rotatable bonds is 4. The highest BCUT2D eigenvalue weighted by Crippen LogP contribution is 2.31. The fourth-order valence-corrected chi connectivity index (χ4v) is 2.69. The number of aryl methyl sites for hydroxylation is 1. The van der Waals surface area contributed by atoms with Gasteiger partial charge in [0.1, 0.15) is 0 Å². The minimum Gasteiger partial charge on any atom is -0.304 e. The van der Waals surface area contributed by atoms with Crippen molar-refractivity contribution < 1.29 is 14.5 Å². The number of nitro benzene ring substituents is 1. The van der Waals surface area contributed by atoms with Crippen LogP contribution in [0.1, 0.15) is 22.3 Å². The lowest BCUT2D eigenvalue weighted by molar-refractivity contribution is -0.384. The molecule has 2 aromatic carbocycles. The molecule has 0 aliphatic carbocycles. The highest BCUT2D eigenvalue weighted by Gasteiger charge is 2.27. The third-order valence-corrected chi connectivity index (χ3v) is 3.87. The second kappa shape index (κ2) is 6.00. The largest absolute Gasteiger partial charge is 0.304 e. The molecule has 0 atom stereocenters. The number of fused-ring (bicyclic) bond motifs is 1. The lowest BCUT2D eigenvalue weighted by atomic mass is 9.99. The summed E-state index contributed by atoms with van der Waals surface area (Å²) in [4.78, 5) is 36.3. The van der Waals surface area contributed by atoms with Gasteiger partial charge in [-0.25, -0.2) is 0 Å². The molecule has 0 bridgehead atoms. The lowest BCUT2D eigenvalue weighted by Gasteiger charge is -2.28. The maximum absolute atomic E-state index is 12.3. The molecular weight excluding hydrogens is 296 g/mol. The number of nitrogens with zero attached hydrogens (tertiary/aromatic N) is 2. The van der Waals surface area contributed by atoms with Gasteiger partial charge < -0.3 is 4.90 Å². The van der Waals surface area contributed by atoms with Crippen LogP contribution in [0.2, 0.25) is 0 Å². The Hall–Kier alpha value is -3.02. The predicted molar refractivity (Wildman–Crippen MR) is 84.5 cm³/mol. The minimum atomic E-state index is -0.462. The van der Waals surface area contributed by atoms with E-state index in [4.69, 9.17) is 0 Å². The van der Waals surface area contributed by atoms with Crippen molar-refractivity contribution in [2.75, 3.05) is 11.4 Å². The molecule has 1 amide bonds. The highest BCUT2D eigenvalue weighted by atomic mass is 16.6. The number of benzene rings is 2. The molecule has 0 fully saturated rings. The minimum absolute atomic E-state index is 0.00700. The standard InChI is InChI=1S/C17H14N2O4/c20-16(12-4-2-1-3-5-12)11-18-15-8-7-14(19(22)23)10-13(15)6-9-17(18)21/h1-5,7-8,10H,6,9,11H2. The number of ketones is 1. The summed E-state index contributed by atoms with van der Waals surface area (Å²) >= 11 is 0. The number of non-ortho nitro benzene ring substituents is 1. The van der Waals surface area contributed by atoms with E-state index in [9.17, 15) is 19.7 Å². The van der Waals surface area contributed by atoms with Crippen LogP contribution in [0.4, 0.5) is 11.4 Å². The van der Waals surface area contributed by atoms with Crippen molar-refractivity contribution in [3.05, 3.63) is 69.8 Å². The van der Waals surface area contributed by atoms with Gasteiger partial charge in [0.05, 0.1) is 11.5 Å². The summed E-state index contributed by atoms with van der Waals surface area (Å²) in [6.45, 7) is -0.0618. The van der Waals surface area contributed by atoms with Crippen LogP contribution in [0.15, 0.2) is 48.5 Å². The number of carbonyl (C=O) groups excluding carboxylic acids is 2. The number of hydrogen-bond acceptors (Lipinski definition) is 4. The van der Waals surface area contributed by atoms with Crippen molar-refractivity contribution in [2.45, 2.75) is 12.8 Å². The van der Waals surface area contributed by atoms with Gasteiger partial charge in [-0.2, -0.15) is 0 Å². The van der Waals surface area contributed by atoms with Gasteiger partial charge in [0.15, 0.2) is 5.78 Å². The Bertz CT molecular complexity index is 786. The second-order valence-electron chi connectivity index (χ2n) is 5.34. The molecule has 1 aliphatic rings. The molecule has 116 valence electrons. The molecule has 0 saturated heterocycles. The molecule has 1 aliphatic heterocycles.